The molecule has 1 aromatic carbocycles. The highest BCUT2D eigenvalue weighted by atomic mass is 127. The predicted octanol–water partition coefficient (Wildman–Crippen LogP) is 3.12. The van der Waals surface area contributed by atoms with E-state index in [0.717, 1.165) is 12.2 Å². The van der Waals surface area contributed by atoms with Gasteiger partial charge in [-0.25, -0.2) is 0 Å². The van der Waals surface area contributed by atoms with Crippen molar-refractivity contribution >= 4 is 34.0 Å². The van der Waals surface area contributed by atoms with E-state index in [4.69, 9.17) is 0 Å². The molecule has 0 heterocycles. The number of hydrogen-bond acceptors (Lipinski definition) is 4. The number of rotatable bonds is 5. The molecular formula is C14H20IN3O2. The van der Waals surface area contributed by atoms with Crippen LogP contribution in [0, 0.1) is 13.7 Å². The Balaban J connectivity index is 2.15. The third kappa shape index (κ3) is 2.90. The van der Waals surface area contributed by atoms with Crippen molar-refractivity contribution < 1.29 is 4.92 Å². The molecule has 1 aliphatic carbocycles. The minimum atomic E-state index is -0.335. The molecule has 0 N–H and O–H groups in total. The van der Waals surface area contributed by atoms with Gasteiger partial charge in [0.25, 0.3) is 5.69 Å². The largest absolute Gasteiger partial charge is 0.373 e. The summed E-state index contributed by atoms with van der Waals surface area (Å²) in [4.78, 5) is 15.0. The van der Waals surface area contributed by atoms with Crippen molar-refractivity contribution in [1.29, 1.82) is 0 Å². The number of nitrogens with zero attached hydrogens (tertiary/aromatic N) is 3. The van der Waals surface area contributed by atoms with Crippen LogP contribution in [0.25, 0.3) is 0 Å². The number of nitro benzene ring substituents is 1. The summed E-state index contributed by atoms with van der Waals surface area (Å²) in [6.07, 6.45) is 3.71. The van der Waals surface area contributed by atoms with Gasteiger partial charge in [-0.3, -0.25) is 10.1 Å². The molecule has 0 amide bonds. The van der Waals surface area contributed by atoms with E-state index in [1.165, 1.54) is 19.3 Å². The second-order valence-electron chi connectivity index (χ2n) is 5.72. The summed E-state index contributed by atoms with van der Waals surface area (Å²) in [7, 11) is 6.32. The molecule has 0 unspecified atom stereocenters. The first-order valence-corrected chi connectivity index (χ1v) is 7.76. The summed E-state index contributed by atoms with van der Waals surface area (Å²) in [6.45, 7) is 0.952. The van der Waals surface area contributed by atoms with Gasteiger partial charge in [-0.05, 0) is 68.1 Å². The average molecular weight is 389 g/mol. The number of nitro groups is 1. The van der Waals surface area contributed by atoms with Crippen LogP contribution < -0.4 is 4.90 Å². The lowest BCUT2D eigenvalue weighted by atomic mass is 9.75. The van der Waals surface area contributed by atoms with E-state index in [1.54, 1.807) is 6.07 Å². The Labute approximate surface area is 133 Å². The van der Waals surface area contributed by atoms with E-state index in [1.807, 2.05) is 34.7 Å². The van der Waals surface area contributed by atoms with Crippen molar-refractivity contribution in [1.82, 2.24) is 4.90 Å². The quantitative estimate of drug-likeness (QED) is 0.441. The smallest absolute Gasteiger partial charge is 0.282 e. The summed E-state index contributed by atoms with van der Waals surface area (Å²) in [5, 5.41) is 10.9. The summed E-state index contributed by atoms with van der Waals surface area (Å²) in [5.41, 5.74) is 1.46. The van der Waals surface area contributed by atoms with Gasteiger partial charge < -0.3 is 9.80 Å². The Morgan fingerprint density at radius 3 is 2.40 bits per heavy atom. The molecule has 0 radical (unpaired) electrons. The lowest BCUT2D eigenvalue weighted by molar-refractivity contribution is -0.385. The zero-order chi connectivity index (χ0) is 14.9. The number of hydrogen-bond donors (Lipinski definition) is 0. The molecule has 0 atom stereocenters. The van der Waals surface area contributed by atoms with Gasteiger partial charge in [0.1, 0.15) is 0 Å². The molecular weight excluding hydrogens is 369 g/mol. The van der Waals surface area contributed by atoms with Crippen molar-refractivity contribution in [2.75, 3.05) is 32.6 Å². The highest BCUT2D eigenvalue weighted by molar-refractivity contribution is 14.1. The standard InChI is InChI=1S/C14H20IN3O2/c1-16(2)14(7-4-8-14)10-17(3)11-5-6-13(18(19)20)12(15)9-11/h5-6,9H,4,7-8,10H2,1-3H3. The second kappa shape index (κ2) is 5.85. The van der Waals surface area contributed by atoms with E-state index in [0.29, 0.717) is 3.57 Å². The van der Waals surface area contributed by atoms with Gasteiger partial charge in [0, 0.05) is 30.9 Å². The molecule has 0 bridgehead atoms. The van der Waals surface area contributed by atoms with Crippen LogP contribution in [0.1, 0.15) is 19.3 Å². The minimum absolute atomic E-state index is 0.175. The molecule has 0 spiro atoms. The van der Waals surface area contributed by atoms with Gasteiger partial charge in [0.2, 0.25) is 0 Å². The van der Waals surface area contributed by atoms with E-state index in [2.05, 4.69) is 30.9 Å². The fourth-order valence-electron chi connectivity index (χ4n) is 2.75. The zero-order valence-electron chi connectivity index (χ0n) is 12.1. The van der Waals surface area contributed by atoms with Gasteiger partial charge >= 0.3 is 0 Å². The number of likely N-dealkylation sites (N-methyl/N-ethyl adjacent to an activating group) is 2. The molecule has 0 aliphatic heterocycles. The molecule has 1 fully saturated rings. The van der Waals surface area contributed by atoms with E-state index in [9.17, 15) is 10.1 Å². The molecule has 20 heavy (non-hydrogen) atoms. The molecule has 1 aliphatic rings. The van der Waals surface area contributed by atoms with Crippen molar-refractivity contribution in [3.63, 3.8) is 0 Å². The second-order valence-corrected chi connectivity index (χ2v) is 6.88. The van der Waals surface area contributed by atoms with Crippen LogP contribution in [0.2, 0.25) is 0 Å². The zero-order valence-corrected chi connectivity index (χ0v) is 14.3. The highest BCUT2D eigenvalue weighted by Gasteiger charge is 2.40. The Morgan fingerprint density at radius 1 is 1.35 bits per heavy atom. The van der Waals surface area contributed by atoms with Crippen LogP contribution in [0.4, 0.5) is 11.4 Å². The van der Waals surface area contributed by atoms with Crippen molar-refractivity contribution in [2.24, 2.45) is 0 Å². The lowest BCUT2D eigenvalue weighted by Crippen LogP contribution is -2.56. The maximum atomic E-state index is 10.9. The van der Waals surface area contributed by atoms with E-state index in [-0.39, 0.29) is 16.1 Å². The van der Waals surface area contributed by atoms with Crippen LogP contribution in [-0.4, -0.2) is 43.0 Å². The number of benzene rings is 1. The summed E-state index contributed by atoms with van der Waals surface area (Å²) in [5.74, 6) is 0. The molecule has 1 saturated carbocycles. The fraction of sp³-hybridized carbons (Fsp3) is 0.571. The lowest BCUT2D eigenvalue weighted by Gasteiger charge is -2.49. The van der Waals surface area contributed by atoms with E-state index >= 15 is 0 Å². The number of anilines is 1. The maximum Gasteiger partial charge on any atom is 0.282 e. The molecule has 110 valence electrons. The molecule has 5 nitrogen and oxygen atoms in total. The molecule has 6 heteroatoms. The Kier molecular flexibility index (Phi) is 4.53. The van der Waals surface area contributed by atoms with Gasteiger partial charge in [-0.15, -0.1) is 0 Å². The van der Waals surface area contributed by atoms with Crippen LogP contribution in [0.15, 0.2) is 18.2 Å². The third-order valence-corrected chi connectivity index (χ3v) is 5.20. The van der Waals surface area contributed by atoms with Crippen LogP contribution in [0.3, 0.4) is 0 Å². The summed E-state index contributed by atoms with van der Waals surface area (Å²) >= 11 is 2.03. The van der Waals surface area contributed by atoms with Crippen molar-refractivity contribution in [3.8, 4) is 0 Å². The molecule has 1 aromatic rings. The molecule has 0 saturated heterocycles. The van der Waals surface area contributed by atoms with E-state index < -0.39 is 0 Å². The Bertz CT molecular complexity index is 515. The maximum absolute atomic E-state index is 10.9. The fourth-order valence-corrected chi connectivity index (χ4v) is 3.44. The van der Waals surface area contributed by atoms with Crippen LogP contribution >= 0.6 is 22.6 Å². The first-order chi connectivity index (χ1) is 9.35. The predicted molar refractivity (Wildman–Crippen MR) is 89.4 cm³/mol. The van der Waals surface area contributed by atoms with Crippen molar-refractivity contribution in [2.45, 2.75) is 24.8 Å². The number of halogens is 1. The normalized spacial score (nSPS) is 16.9. The van der Waals surface area contributed by atoms with Gasteiger partial charge in [0.05, 0.1) is 8.49 Å². The highest BCUT2D eigenvalue weighted by Crippen LogP contribution is 2.37. The topological polar surface area (TPSA) is 49.6 Å². The van der Waals surface area contributed by atoms with Crippen LogP contribution in [-0.2, 0) is 0 Å². The first kappa shape index (κ1) is 15.5. The monoisotopic (exact) mass is 389 g/mol. The summed E-state index contributed by atoms with van der Waals surface area (Å²) < 4.78 is 0.685. The SMILES string of the molecule is CN(CC1(N(C)C)CCC1)c1ccc([N+](=O)[O-])c(I)c1. The summed E-state index contributed by atoms with van der Waals surface area (Å²) in [6, 6.07) is 5.32. The van der Waals surface area contributed by atoms with Crippen LogP contribution in [0.5, 0.6) is 0 Å². The Morgan fingerprint density at radius 2 is 2.00 bits per heavy atom. The molecule has 0 aromatic heterocycles. The van der Waals surface area contributed by atoms with Gasteiger partial charge in [-0.2, -0.15) is 0 Å². The third-order valence-electron chi connectivity index (χ3n) is 4.33. The van der Waals surface area contributed by atoms with Gasteiger partial charge in [0.15, 0.2) is 0 Å². The Hall–Kier alpha value is -0.890. The minimum Gasteiger partial charge on any atom is -0.373 e. The first-order valence-electron chi connectivity index (χ1n) is 6.68. The van der Waals surface area contributed by atoms with Crippen molar-refractivity contribution in [3.05, 3.63) is 31.9 Å². The average Bonchev–Trinajstić information content (AvgIpc) is 2.32. The van der Waals surface area contributed by atoms with Gasteiger partial charge in [-0.1, -0.05) is 0 Å². The molecule has 2 rings (SSSR count).